The molecule has 2 N–H and O–H groups in total. The van der Waals surface area contributed by atoms with Crippen LogP contribution in [-0.4, -0.2) is 42.5 Å². The standard InChI is InChI=1S/C19H26N4O2/c1-25-15-19(6-9-20-10-7-19)18(24)21-13-16-4-2-5-17(12-16)14-23-11-3-8-22-23/h2-5,8,11-12,20H,6-7,9-10,13-15H2,1H3,(H,21,24). The number of hydrogen-bond donors (Lipinski definition) is 2. The SMILES string of the molecule is COCC1(C(=O)NCc2cccc(Cn3cccn3)c2)CCNCC1. The minimum absolute atomic E-state index is 0.0910. The Labute approximate surface area is 148 Å². The summed E-state index contributed by atoms with van der Waals surface area (Å²) in [6, 6.07) is 10.2. The quantitative estimate of drug-likeness (QED) is 0.801. The number of carbonyl (C=O) groups excluding carboxylic acids is 1. The summed E-state index contributed by atoms with van der Waals surface area (Å²) in [6.45, 7) is 3.45. The van der Waals surface area contributed by atoms with Crippen molar-refractivity contribution in [2.75, 3.05) is 26.8 Å². The van der Waals surface area contributed by atoms with Crippen LogP contribution in [0, 0.1) is 5.41 Å². The first-order valence-corrected chi connectivity index (χ1v) is 8.75. The molecule has 0 unspecified atom stereocenters. The highest BCUT2D eigenvalue weighted by molar-refractivity contribution is 5.83. The van der Waals surface area contributed by atoms with Gasteiger partial charge in [0.15, 0.2) is 0 Å². The Morgan fingerprint density at radius 2 is 2.12 bits per heavy atom. The molecular weight excluding hydrogens is 316 g/mol. The number of carbonyl (C=O) groups is 1. The van der Waals surface area contributed by atoms with Crippen LogP contribution in [0.3, 0.4) is 0 Å². The number of amides is 1. The minimum atomic E-state index is -0.410. The van der Waals surface area contributed by atoms with Crippen molar-refractivity contribution >= 4 is 5.91 Å². The lowest BCUT2D eigenvalue weighted by Crippen LogP contribution is -2.49. The molecule has 6 nitrogen and oxygen atoms in total. The topological polar surface area (TPSA) is 68.2 Å². The van der Waals surface area contributed by atoms with Crippen molar-refractivity contribution < 1.29 is 9.53 Å². The Bertz CT molecular complexity index is 673. The summed E-state index contributed by atoms with van der Waals surface area (Å²) >= 11 is 0. The molecule has 1 aromatic carbocycles. The van der Waals surface area contributed by atoms with Crippen molar-refractivity contribution in [3.8, 4) is 0 Å². The number of ether oxygens (including phenoxy) is 1. The Morgan fingerprint density at radius 1 is 1.32 bits per heavy atom. The minimum Gasteiger partial charge on any atom is -0.384 e. The number of hydrogen-bond acceptors (Lipinski definition) is 4. The lowest BCUT2D eigenvalue weighted by atomic mass is 9.78. The Kier molecular flexibility index (Phi) is 5.83. The second-order valence-electron chi connectivity index (χ2n) is 6.67. The van der Waals surface area contributed by atoms with Crippen LogP contribution in [0.4, 0.5) is 0 Å². The zero-order valence-electron chi connectivity index (χ0n) is 14.7. The molecule has 1 aromatic heterocycles. The summed E-state index contributed by atoms with van der Waals surface area (Å²) in [7, 11) is 1.66. The number of nitrogens with one attached hydrogen (secondary N) is 2. The molecule has 2 aromatic rings. The van der Waals surface area contributed by atoms with Crippen LogP contribution in [-0.2, 0) is 22.6 Å². The number of rotatable bonds is 7. The van der Waals surface area contributed by atoms with Gasteiger partial charge in [0, 0.05) is 26.0 Å². The maximum Gasteiger partial charge on any atom is 0.228 e. The van der Waals surface area contributed by atoms with Crippen LogP contribution in [0.25, 0.3) is 0 Å². The van der Waals surface area contributed by atoms with Gasteiger partial charge in [-0.25, -0.2) is 0 Å². The van der Waals surface area contributed by atoms with Gasteiger partial charge in [-0.3, -0.25) is 9.48 Å². The van der Waals surface area contributed by atoms with Crippen molar-refractivity contribution in [3.05, 3.63) is 53.9 Å². The molecule has 0 atom stereocenters. The van der Waals surface area contributed by atoms with Gasteiger partial charge in [-0.05, 0) is 43.1 Å². The summed E-state index contributed by atoms with van der Waals surface area (Å²) in [4.78, 5) is 12.8. The zero-order chi connectivity index (χ0) is 17.5. The average Bonchev–Trinajstić information content (AvgIpc) is 3.14. The molecule has 1 aliphatic heterocycles. The van der Waals surface area contributed by atoms with Gasteiger partial charge >= 0.3 is 0 Å². The smallest absolute Gasteiger partial charge is 0.228 e. The largest absolute Gasteiger partial charge is 0.384 e. The number of benzene rings is 1. The third kappa shape index (κ3) is 4.46. The first-order chi connectivity index (χ1) is 12.2. The predicted molar refractivity (Wildman–Crippen MR) is 96.0 cm³/mol. The summed E-state index contributed by atoms with van der Waals surface area (Å²) in [5.74, 6) is 0.0910. The van der Waals surface area contributed by atoms with Gasteiger partial charge in [-0.1, -0.05) is 24.3 Å². The van der Waals surface area contributed by atoms with Crippen molar-refractivity contribution in [1.82, 2.24) is 20.4 Å². The van der Waals surface area contributed by atoms with Gasteiger partial charge in [0.25, 0.3) is 0 Å². The highest BCUT2D eigenvalue weighted by atomic mass is 16.5. The molecule has 0 radical (unpaired) electrons. The van der Waals surface area contributed by atoms with Crippen LogP contribution in [0.1, 0.15) is 24.0 Å². The van der Waals surface area contributed by atoms with E-state index in [4.69, 9.17) is 4.74 Å². The van der Waals surface area contributed by atoms with Crippen molar-refractivity contribution in [3.63, 3.8) is 0 Å². The Balaban J connectivity index is 1.61. The second-order valence-corrected chi connectivity index (χ2v) is 6.67. The number of piperidine rings is 1. The van der Waals surface area contributed by atoms with Gasteiger partial charge in [0.1, 0.15) is 0 Å². The van der Waals surface area contributed by atoms with Crippen LogP contribution < -0.4 is 10.6 Å². The maximum absolute atomic E-state index is 12.8. The molecule has 6 heteroatoms. The molecule has 1 amide bonds. The maximum atomic E-state index is 12.8. The summed E-state index contributed by atoms with van der Waals surface area (Å²) in [5, 5.41) is 10.7. The van der Waals surface area contributed by atoms with Gasteiger partial charge in [0.2, 0.25) is 5.91 Å². The number of nitrogens with zero attached hydrogens (tertiary/aromatic N) is 2. The third-order valence-electron chi connectivity index (χ3n) is 4.81. The first kappa shape index (κ1) is 17.6. The van der Waals surface area contributed by atoms with Crippen molar-refractivity contribution in [2.24, 2.45) is 5.41 Å². The molecule has 3 rings (SSSR count). The molecule has 0 aliphatic carbocycles. The monoisotopic (exact) mass is 342 g/mol. The van der Waals surface area contributed by atoms with E-state index in [1.54, 1.807) is 13.3 Å². The van der Waals surface area contributed by atoms with E-state index < -0.39 is 5.41 Å². The van der Waals surface area contributed by atoms with E-state index in [0.717, 1.165) is 38.0 Å². The zero-order valence-corrected chi connectivity index (χ0v) is 14.7. The lowest BCUT2D eigenvalue weighted by Gasteiger charge is -2.35. The van der Waals surface area contributed by atoms with E-state index in [1.807, 2.05) is 29.1 Å². The normalized spacial score (nSPS) is 16.5. The predicted octanol–water partition coefficient (Wildman–Crippen LogP) is 1.56. The van der Waals surface area contributed by atoms with Gasteiger partial charge in [0.05, 0.1) is 18.6 Å². The number of aromatic nitrogens is 2. The molecule has 1 saturated heterocycles. The Morgan fingerprint density at radius 3 is 2.84 bits per heavy atom. The van der Waals surface area contributed by atoms with Gasteiger partial charge in [-0.15, -0.1) is 0 Å². The van der Waals surface area contributed by atoms with Crippen LogP contribution in [0.5, 0.6) is 0 Å². The lowest BCUT2D eigenvalue weighted by molar-refractivity contribution is -0.136. The van der Waals surface area contributed by atoms with Crippen LogP contribution in [0.15, 0.2) is 42.7 Å². The fourth-order valence-electron chi connectivity index (χ4n) is 3.41. The van der Waals surface area contributed by atoms with E-state index in [9.17, 15) is 4.79 Å². The summed E-state index contributed by atoms with van der Waals surface area (Å²) in [5.41, 5.74) is 1.86. The molecule has 1 aliphatic rings. The molecule has 0 spiro atoms. The van der Waals surface area contributed by atoms with Crippen molar-refractivity contribution in [1.29, 1.82) is 0 Å². The molecular formula is C19H26N4O2. The average molecular weight is 342 g/mol. The van der Waals surface area contributed by atoms with E-state index in [2.05, 4.69) is 27.9 Å². The van der Waals surface area contributed by atoms with Crippen LogP contribution >= 0.6 is 0 Å². The van der Waals surface area contributed by atoms with E-state index in [1.165, 1.54) is 5.56 Å². The first-order valence-electron chi connectivity index (χ1n) is 8.75. The van der Waals surface area contributed by atoms with Crippen LogP contribution in [0.2, 0.25) is 0 Å². The fraction of sp³-hybridized carbons (Fsp3) is 0.474. The fourth-order valence-corrected chi connectivity index (χ4v) is 3.41. The molecule has 0 bridgehead atoms. The highest BCUT2D eigenvalue weighted by Crippen LogP contribution is 2.29. The number of methoxy groups -OCH3 is 1. The molecule has 134 valence electrons. The molecule has 0 saturated carbocycles. The molecule has 25 heavy (non-hydrogen) atoms. The van der Waals surface area contributed by atoms with E-state index in [0.29, 0.717) is 13.2 Å². The van der Waals surface area contributed by atoms with Crippen molar-refractivity contribution in [2.45, 2.75) is 25.9 Å². The molecule has 1 fully saturated rings. The van der Waals surface area contributed by atoms with E-state index in [-0.39, 0.29) is 5.91 Å². The van der Waals surface area contributed by atoms with Gasteiger partial charge in [-0.2, -0.15) is 5.10 Å². The second kappa shape index (κ2) is 8.27. The summed E-state index contributed by atoms with van der Waals surface area (Å²) in [6.07, 6.45) is 5.34. The summed E-state index contributed by atoms with van der Waals surface area (Å²) < 4.78 is 7.23. The molecule has 2 heterocycles. The van der Waals surface area contributed by atoms with E-state index >= 15 is 0 Å². The Hall–Kier alpha value is -2.18. The van der Waals surface area contributed by atoms with Gasteiger partial charge < -0.3 is 15.4 Å². The third-order valence-corrected chi connectivity index (χ3v) is 4.81. The highest BCUT2D eigenvalue weighted by Gasteiger charge is 2.39.